The van der Waals surface area contributed by atoms with Crippen LogP contribution in [0.1, 0.15) is 24.1 Å². The minimum absolute atomic E-state index is 0.135. The molecule has 0 bridgehead atoms. The van der Waals surface area contributed by atoms with Gasteiger partial charge in [-0.25, -0.2) is 0 Å². The number of amides is 1. The summed E-state index contributed by atoms with van der Waals surface area (Å²) in [6.07, 6.45) is 0. The molecule has 0 aliphatic heterocycles. The third-order valence-corrected chi connectivity index (χ3v) is 4.55. The van der Waals surface area contributed by atoms with E-state index in [4.69, 9.17) is 9.47 Å². The molecule has 2 aromatic carbocycles. The van der Waals surface area contributed by atoms with Gasteiger partial charge in [-0.05, 0) is 30.2 Å². The Kier molecular flexibility index (Phi) is 8.02. The molecule has 0 aliphatic carbocycles. The van der Waals surface area contributed by atoms with Crippen LogP contribution in [0, 0.1) is 0 Å². The van der Waals surface area contributed by atoms with Crippen molar-refractivity contribution in [2.24, 2.45) is 0 Å². The Balaban J connectivity index is 2.04. The monoisotopic (exact) mass is 373 g/mol. The Hall–Kier alpha value is -2.47. The Morgan fingerprint density at radius 2 is 1.65 bits per heavy atom. The fraction of sp³-hybridized carbons (Fsp3) is 0.300. The molecule has 0 unspecified atom stereocenters. The van der Waals surface area contributed by atoms with Gasteiger partial charge in [0.25, 0.3) is 0 Å². The van der Waals surface area contributed by atoms with Gasteiger partial charge in [0.15, 0.2) is 0 Å². The Labute approximate surface area is 158 Å². The van der Waals surface area contributed by atoms with Crippen LogP contribution >= 0.6 is 11.8 Å². The topological polar surface area (TPSA) is 64.6 Å². The molecule has 0 heterocycles. The SMILES string of the molecule is CCOC(=O)CSCC(=O)N[C@H](c1ccccc1)c1ccc(OC)cc1. The van der Waals surface area contributed by atoms with Crippen molar-refractivity contribution in [2.75, 3.05) is 25.2 Å². The Morgan fingerprint density at radius 3 is 2.27 bits per heavy atom. The molecule has 2 aromatic rings. The molecule has 1 amide bonds. The number of carbonyl (C=O) groups excluding carboxylic acids is 2. The number of carbonyl (C=O) groups is 2. The molecule has 0 aliphatic rings. The van der Waals surface area contributed by atoms with Crippen molar-refractivity contribution >= 4 is 23.6 Å². The molecule has 6 heteroatoms. The third-order valence-electron chi connectivity index (χ3n) is 3.65. The van der Waals surface area contributed by atoms with Gasteiger partial charge in [0.05, 0.1) is 31.3 Å². The first-order chi connectivity index (χ1) is 12.6. The Morgan fingerprint density at radius 1 is 1.00 bits per heavy atom. The zero-order valence-corrected chi connectivity index (χ0v) is 15.8. The molecule has 1 atom stereocenters. The number of methoxy groups -OCH3 is 1. The summed E-state index contributed by atoms with van der Waals surface area (Å²) in [5.41, 5.74) is 1.95. The molecule has 26 heavy (non-hydrogen) atoms. The minimum atomic E-state index is -0.305. The van der Waals surface area contributed by atoms with E-state index < -0.39 is 0 Å². The average Bonchev–Trinajstić information content (AvgIpc) is 2.67. The number of hydrogen-bond acceptors (Lipinski definition) is 5. The van der Waals surface area contributed by atoms with Crippen molar-refractivity contribution in [3.63, 3.8) is 0 Å². The molecule has 138 valence electrons. The van der Waals surface area contributed by atoms with Crippen molar-refractivity contribution in [1.82, 2.24) is 5.32 Å². The number of rotatable bonds is 9. The molecule has 5 nitrogen and oxygen atoms in total. The van der Waals surface area contributed by atoms with Crippen molar-refractivity contribution in [2.45, 2.75) is 13.0 Å². The largest absolute Gasteiger partial charge is 0.497 e. The molecular formula is C20H23NO4S. The summed E-state index contributed by atoms with van der Waals surface area (Å²) in [5.74, 6) is 0.680. The van der Waals surface area contributed by atoms with E-state index in [0.29, 0.717) is 6.61 Å². The van der Waals surface area contributed by atoms with Crippen molar-refractivity contribution in [3.8, 4) is 5.75 Å². The second-order valence-electron chi connectivity index (χ2n) is 5.48. The summed E-state index contributed by atoms with van der Waals surface area (Å²) in [5, 5.41) is 3.04. The molecule has 0 spiro atoms. The highest BCUT2D eigenvalue weighted by molar-refractivity contribution is 8.00. The van der Waals surface area contributed by atoms with Crippen molar-refractivity contribution in [1.29, 1.82) is 0 Å². The molecule has 1 N–H and O–H groups in total. The van der Waals surface area contributed by atoms with Gasteiger partial charge in [-0.15, -0.1) is 11.8 Å². The van der Waals surface area contributed by atoms with E-state index in [-0.39, 0.29) is 29.4 Å². The van der Waals surface area contributed by atoms with E-state index in [1.54, 1.807) is 14.0 Å². The smallest absolute Gasteiger partial charge is 0.315 e. The highest BCUT2D eigenvalue weighted by atomic mass is 32.2. The van der Waals surface area contributed by atoms with Gasteiger partial charge >= 0.3 is 5.97 Å². The van der Waals surface area contributed by atoms with Gasteiger partial charge in [0, 0.05) is 0 Å². The standard InChI is InChI=1S/C20H23NO4S/c1-3-25-19(23)14-26-13-18(22)21-20(15-7-5-4-6-8-15)16-9-11-17(24-2)12-10-16/h4-12,20H,3,13-14H2,1-2H3,(H,21,22)/t20-/m1/s1. The summed E-state index contributed by atoms with van der Waals surface area (Å²) in [7, 11) is 1.62. The van der Waals surface area contributed by atoms with E-state index in [1.165, 1.54) is 11.8 Å². The van der Waals surface area contributed by atoms with Crippen LogP contribution in [-0.2, 0) is 14.3 Å². The van der Waals surface area contributed by atoms with E-state index in [9.17, 15) is 9.59 Å². The molecule has 2 rings (SSSR count). The predicted octanol–water partition coefficient (Wildman–Crippen LogP) is 3.20. The number of nitrogens with one attached hydrogen (secondary N) is 1. The number of hydrogen-bond donors (Lipinski definition) is 1. The lowest BCUT2D eigenvalue weighted by Gasteiger charge is -2.20. The molecular weight excluding hydrogens is 350 g/mol. The minimum Gasteiger partial charge on any atom is -0.497 e. The lowest BCUT2D eigenvalue weighted by molar-refractivity contribution is -0.139. The molecule has 0 radical (unpaired) electrons. The summed E-state index contributed by atoms with van der Waals surface area (Å²) in [6.45, 7) is 2.10. The number of ether oxygens (including phenoxy) is 2. The highest BCUT2D eigenvalue weighted by Crippen LogP contribution is 2.24. The van der Waals surface area contributed by atoms with E-state index in [0.717, 1.165) is 16.9 Å². The first-order valence-electron chi connectivity index (χ1n) is 8.35. The summed E-state index contributed by atoms with van der Waals surface area (Å²) in [6, 6.07) is 17.1. The van der Waals surface area contributed by atoms with Crippen LogP contribution in [0.15, 0.2) is 54.6 Å². The maximum atomic E-state index is 12.4. The zero-order chi connectivity index (χ0) is 18.8. The predicted molar refractivity (Wildman–Crippen MR) is 103 cm³/mol. The lowest BCUT2D eigenvalue weighted by Crippen LogP contribution is -2.31. The van der Waals surface area contributed by atoms with Gasteiger partial charge < -0.3 is 14.8 Å². The van der Waals surface area contributed by atoms with E-state index >= 15 is 0 Å². The van der Waals surface area contributed by atoms with Gasteiger partial charge in [0.1, 0.15) is 5.75 Å². The van der Waals surface area contributed by atoms with Gasteiger partial charge in [-0.2, -0.15) is 0 Å². The van der Waals surface area contributed by atoms with Crippen LogP contribution in [0.2, 0.25) is 0 Å². The first-order valence-corrected chi connectivity index (χ1v) is 9.51. The number of benzene rings is 2. The second kappa shape index (κ2) is 10.5. The van der Waals surface area contributed by atoms with Gasteiger partial charge in [-0.3, -0.25) is 9.59 Å². The van der Waals surface area contributed by atoms with E-state index in [1.807, 2.05) is 54.6 Å². The molecule has 0 fully saturated rings. The van der Waals surface area contributed by atoms with Crippen molar-refractivity contribution < 1.29 is 19.1 Å². The van der Waals surface area contributed by atoms with Gasteiger partial charge in [0.2, 0.25) is 5.91 Å². The highest BCUT2D eigenvalue weighted by Gasteiger charge is 2.17. The fourth-order valence-corrected chi connectivity index (χ4v) is 3.05. The third kappa shape index (κ3) is 6.11. The number of esters is 1. The van der Waals surface area contributed by atoms with Crippen LogP contribution in [0.5, 0.6) is 5.75 Å². The first kappa shape index (κ1) is 19.8. The zero-order valence-electron chi connectivity index (χ0n) is 14.9. The molecule has 0 saturated carbocycles. The van der Waals surface area contributed by atoms with Crippen LogP contribution in [0.4, 0.5) is 0 Å². The summed E-state index contributed by atoms with van der Waals surface area (Å²) >= 11 is 1.24. The molecule has 0 aromatic heterocycles. The van der Waals surface area contributed by atoms with Crippen molar-refractivity contribution in [3.05, 3.63) is 65.7 Å². The van der Waals surface area contributed by atoms with Gasteiger partial charge in [-0.1, -0.05) is 42.5 Å². The second-order valence-corrected chi connectivity index (χ2v) is 6.47. The quantitative estimate of drug-likeness (QED) is 0.684. The maximum Gasteiger partial charge on any atom is 0.315 e. The normalized spacial score (nSPS) is 11.5. The van der Waals surface area contributed by atoms with E-state index in [2.05, 4.69) is 5.32 Å². The average molecular weight is 373 g/mol. The summed E-state index contributed by atoms with van der Waals surface area (Å²) < 4.78 is 10.1. The number of thioether (sulfide) groups is 1. The fourth-order valence-electron chi connectivity index (χ4n) is 2.43. The van der Waals surface area contributed by atoms with Crippen LogP contribution < -0.4 is 10.1 Å². The maximum absolute atomic E-state index is 12.4. The molecule has 0 saturated heterocycles. The van der Waals surface area contributed by atoms with Crippen LogP contribution in [0.25, 0.3) is 0 Å². The van der Waals surface area contributed by atoms with Crippen LogP contribution in [-0.4, -0.2) is 37.1 Å². The Bertz CT molecular complexity index is 704. The van der Waals surface area contributed by atoms with Crippen LogP contribution in [0.3, 0.4) is 0 Å². The lowest BCUT2D eigenvalue weighted by atomic mass is 9.98. The summed E-state index contributed by atoms with van der Waals surface area (Å²) in [4.78, 5) is 23.7.